The zero-order valence-electron chi connectivity index (χ0n) is 17.4. The van der Waals surface area contributed by atoms with Crippen molar-refractivity contribution in [3.05, 3.63) is 59.7 Å². The van der Waals surface area contributed by atoms with Gasteiger partial charge < -0.3 is 20.9 Å². The van der Waals surface area contributed by atoms with E-state index in [1.165, 1.54) is 0 Å². The van der Waals surface area contributed by atoms with Crippen LogP contribution in [0.5, 0.6) is 11.5 Å². The SMILES string of the molecule is CCCN=C(N)c1ccc(OCCCOc2ccc(C(N)=NCCC)cc2)cc1. The van der Waals surface area contributed by atoms with Gasteiger partial charge in [-0.15, -0.1) is 0 Å². The van der Waals surface area contributed by atoms with E-state index < -0.39 is 0 Å². The number of nitrogens with two attached hydrogens (primary N) is 2. The van der Waals surface area contributed by atoms with Crippen molar-refractivity contribution < 1.29 is 9.47 Å². The molecule has 0 aliphatic carbocycles. The number of benzene rings is 2. The molecule has 0 amide bonds. The first kappa shape index (κ1) is 22.3. The molecule has 156 valence electrons. The molecule has 29 heavy (non-hydrogen) atoms. The average Bonchev–Trinajstić information content (AvgIpc) is 2.76. The molecule has 4 N–H and O–H groups in total. The van der Waals surface area contributed by atoms with Gasteiger partial charge >= 0.3 is 0 Å². The van der Waals surface area contributed by atoms with Gasteiger partial charge in [0.05, 0.1) is 13.2 Å². The van der Waals surface area contributed by atoms with Crippen molar-refractivity contribution in [2.24, 2.45) is 21.5 Å². The summed E-state index contributed by atoms with van der Waals surface area (Å²) in [7, 11) is 0. The van der Waals surface area contributed by atoms with Gasteiger partial charge in [0.2, 0.25) is 0 Å². The summed E-state index contributed by atoms with van der Waals surface area (Å²) in [5.41, 5.74) is 13.7. The second-order valence-corrected chi connectivity index (χ2v) is 6.63. The van der Waals surface area contributed by atoms with Crippen LogP contribution in [0, 0.1) is 0 Å². The molecule has 0 atom stereocenters. The number of amidine groups is 2. The van der Waals surface area contributed by atoms with Crippen LogP contribution in [0.2, 0.25) is 0 Å². The van der Waals surface area contributed by atoms with Gasteiger partial charge in [0.15, 0.2) is 0 Å². The lowest BCUT2D eigenvalue weighted by atomic mass is 10.2. The van der Waals surface area contributed by atoms with Crippen molar-refractivity contribution in [1.82, 2.24) is 0 Å². The molecule has 0 aliphatic heterocycles. The topological polar surface area (TPSA) is 95.2 Å². The zero-order chi connectivity index (χ0) is 20.9. The summed E-state index contributed by atoms with van der Waals surface area (Å²) < 4.78 is 11.5. The van der Waals surface area contributed by atoms with Crippen LogP contribution in [0.4, 0.5) is 0 Å². The van der Waals surface area contributed by atoms with Crippen molar-refractivity contribution in [2.75, 3.05) is 26.3 Å². The third-order valence-electron chi connectivity index (χ3n) is 4.14. The predicted molar refractivity (Wildman–Crippen MR) is 120 cm³/mol. The van der Waals surface area contributed by atoms with E-state index in [0.717, 1.165) is 55.0 Å². The van der Waals surface area contributed by atoms with Crippen LogP contribution in [-0.2, 0) is 0 Å². The fourth-order valence-electron chi connectivity index (χ4n) is 2.53. The highest BCUT2D eigenvalue weighted by molar-refractivity contribution is 5.98. The molecule has 0 fully saturated rings. The minimum atomic E-state index is 0.566. The Morgan fingerprint density at radius 3 is 1.41 bits per heavy atom. The van der Waals surface area contributed by atoms with Crippen molar-refractivity contribution in [2.45, 2.75) is 33.1 Å². The third kappa shape index (κ3) is 7.86. The standard InChI is InChI=1S/C23H32N4O2/c1-3-14-26-22(24)18-6-10-20(11-7-18)28-16-5-17-29-21-12-8-19(9-13-21)23(25)27-15-4-2/h6-13H,3-5,14-17H2,1-2H3,(H2,24,26)(H2,25,27). The molecule has 6 heteroatoms. The monoisotopic (exact) mass is 396 g/mol. The maximum atomic E-state index is 5.95. The summed E-state index contributed by atoms with van der Waals surface area (Å²) in [5, 5.41) is 0. The van der Waals surface area contributed by atoms with E-state index in [0.29, 0.717) is 24.9 Å². The fraction of sp³-hybridized carbons (Fsp3) is 0.391. The molecule has 6 nitrogen and oxygen atoms in total. The minimum absolute atomic E-state index is 0.566. The van der Waals surface area contributed by atoms with E-state index in [4.69, 9.17) is 20.9 Å². The van der Waals surface area contributed by atoms with Crippen LogP contribution in [0.15, 0.2) is 58.5 Å². The van der Waals surface area contributed by atoms with Gasteiger partial charge in [-0.1, -0.05) is 13.8 Å². The van der Waals surface area contributed by atoms with Gasteiger partial charge in [0.1, 0.15) is 23.2 Å². The molecule has 0 heterocycles. The minimum Gasteiger partial charge on any atom is -0.493 e. The van der Waals surface area contributed by atoms with E-state index in [-0.39, 0.29) is 0 Å². The first-order valence-corrected chi connectivity index (χ1v) is 10.2. The lowest BCUT2D eigenvalue weighted by Crippen LogP contribution is -2.14. The van der Waals surface area contributed by atoms with Crippen LogP contribution in [-0.4, -0.2) is 38.0 Å². The number of rotatable bonds is 12. The highest BCUT2D eigenvalue weighted by Crippen LogP contribution is 2.14. The number of hydrogen-bond acceptors (Lipinski definition) is 4. The van der Waals surface area contributed by atoms with Gasteiger partial charge in [-0.05, 0) is 61.4 Å². The Morgan fingerprint density at radius 2 is 1.07 bits per heavy atom. The summed E-state index contributed by atoms with van der Waals surface area (Å²) in [6.45, 7) is 6.79. The second-order valence-electron chi connectivity index (χ2n) is 6.63. The number of ether oxygens (including phenoxy) is 2. The Bertz CT molecular complexity index is 716. The molecule has 0 saturated heterocycles. The molecule has 0 aromatic heterocycles. The lowest BCUT2D eigenvalue weighted by Gasteiger charge is -2.09. The molecule has 0 unspecified atom stereocenters. The quantitative estimate of drug-likeness (QED) is 0.324. The maximum Gasteiger partial charge on any atom is 0.125 e. The molecule has 0 saturated carbocycles. The van der Waals surface area contributed by atoms with Crippen molar-refractivity contribution in [3.63, 3.8) is 0 Å². The van der Waals surface area contributed by atoms with E-state index >= 15 is 0 Å². The molecule has 0 aliphatic rings. The highest BCUT2D eigenvalue weighted by atomic mass is 16.5. The Labute approximate surface area is 173 Å². The average molecular weight is 397 g/mol. The molecule has 0 bridgehead atoms. The molecule has 0 radical (unpaired) electrons. The summed E-state index contributed by atoms with van der Waals surface area (Å²) in [4.78, 5) is 8.62. The van der Waals surface area contributed by atoms with Crippen LogP contribution in [0.3, 0.4) is 0 Å². The number of nitrogens with zero attached hydrogens (tertiary/aromatic N) is 2. The predicted octanol–water partition coefficient (Wildman–Crippen LogP) is 3.77. The first-order valence-electron chi connectivity index (χ1n) is 10.2. The molecule has 0 spiro atoms. The molecular weight excluding hydrogens is 364 g/mol. The second kappa shape index (κ2) is 12.4. The number of hydrogen-bond donors (Lipinski definition) is 2. The summed E-state index contributed by atoms with van der Waals surface area (Å²) in [6.07, 6.45) is 2.74. The summed E-state index contributed by atoms with van der Waals surface area (Å²) >= 11 is 0. The highest BCUT2D eigenvalue weighted by Gasteiger charge is 2.01. The normalized spacial score (nSPS) is 12.1. The Kier molecular flexibility index (Phi) is 9.55. The summed E-state index contributed by atoms with van der Waals surface area (Å²) in [5.74, 6) is 2.75. The number of aliphatic imine (C=N–C) groups is 2. The van der Waals surface area contributed by atoms with Gasteiger partial charge in [0.25, 0.3) is 0 Å². The zero-order valence-corrected chi connectivity index (χ0v) is 17.4. The largest absolute Gasteiger partial charge is 0.493 e. The summed E-state index contributed by atoms with van der Waals surface area (Å²) in [6, 6.07) is 15.4. The molecule has 2 rings (SSSR count). The van der Waals surface area contributed by atoms with E-state index in [1.807, 2.05) is 48.5 Å². The lowest BCUT2D eigenvalue weighted by molar-refractivity contribution is 0.247. The Balaban J connectivity index is 1.70. The van der Waals surface area contributed by atoms with Crippen molar-refractivity contribution >= 4 is 11.7 Å². The van der Waals surface area contributed by atoms with Crippen LogP contribution >= 0.6 is 0 Å². The smallest absolute Gasteiger partial charge is 0.125 e. The van der Waals surface area contributed by atoms with Gasteiger partial charge in [-0.2, -0.15) is 0 Å². The Hall–Kier alpha value is -3.02. The van der Waals surface area contributed by atoms with Crippen LogP contribution < -0.4 is 20.9 Å². The molecular formula is C23H32N4O2. The fourth-order valence-corrected chi connectivity index (χ4v) is 2.53. The van der Waals surface area contributed by atoms with Crippen molar-refractivity contribution in [1.29, 1.82) is 0 Å². The van der Waals surface area contributed by atoms with Crippen LogP contribution in [0.25, 0.3) is 0 Å². The third-order valence-corrected chi connectivity index (χ3v) is 4.14. The van der Waals surface area contributed by atoms with Gasteiger partial charge in [-0.3, -0.25) is 9.98 Å². The van der Waals surface area contributed by atoms with Crippen LogP contribution in [0.1, 0.15) is 44.2 Å². The molecule has 2 aromatic rings. The van der Waals surface area contributed by atoms with E-state index in [2.05, 4.69) is 23.8 Å². The van der Waals surface area contributed by atoms with Gasteiger partial charge in [-0.25, -0.2) is 0 Å². The van der Waals surface area contributed by atoms with E-state index in [1.54, 1.807) is 0 Å². The van der Waals surface area contributed by atoms with E-state index in [9.17, 15) is 0 Å². The van der Waals surface area contributed by atoms with Gasteiger partial charge in [0, 0.05) is 30.6 Å². The van der Waals surface area contributed by atoms with Crippen molar-refractivity contribution in [3.8, 4) is 11.5 Å². The Morgan fingerprint density at radius 1 is 0.690 bits per heavy atom. The first-order chi connectivity index (χ1) is 14.1. The molecule has 2 aromatic carbocycles. The maximum absolute atomic E-state index is 5.95.